The molecular formula is C14H10Br2ClFO. The van der Waals surface area contributed by atoms with E-state index in [0.717, 1.165) is 16.5 Å². The number of hydrogen-bond donors (Lipinski definition) is 0. The van der Waals surface area contributed by atoms with Crippen LogP contribution in [0.5, 0.6) is 5.75 Å². The molecular weight excluding hydrogens is 398 g/mol. The largest absolute Gasteiger partial charge is 0.487 e. The van der Waals surface area contributed by atoms with Gasteiger partial charge in [-0.3, -0.25) is 0 Å². The molecule has 0 aliphatic carbocycles. The second kappa shape index (κ2) is 6.73. The Kier molecular flexibility index (Phi) is 5.25. The third-order valence-corrected chi connectivity index (χ3v) is 4.08. The van der Waals surface area contributed by atoms with Crippen LogP contribution < -0.4 is 4.74 Å². The first-order valence-corrected chi connectivity index (χ1v) is 7.80. The van der Waals surface area contributed by atoms with Crippen molar-refractivity contribution in [1.82, 2.24) is 0 Å². The Bertz CT molecular complexity index is 590. The topological polar surface area (TPSA) is 9.23 Å². The van der Waals surface area contributed by atoms with Crippen molar-refractivity contribution in [3.05, 3.63) is 62.8 Å². The maximum absolute atomic E-state index is 13.1. The van der Waals surface area contributed by atoms with E-state index in [1.165, 1.54) is 6.07 Å². The lowest BCUT2D eigenvalue weighted by molar-refractivity contribution is 0.306. The molecule has 0 fully saturated rings. The van der Waals surface area contributed by atoms with Crippen LogP contribution in [0.2, 0.25) is 5.02 Å². The third-order valence-electron chi connectivity index (χ3n) is 2.53. The van der Waals surface area contributed by atoms with Gasteiger partial charge in [-0.05, 0) is 51.3 Å². The number of benzene rings is 2. The van der Waals surface area contributed by atoms with Gasteiger partial charge >= 0.3 is 0 Å². The maximum atomic E-state index is 13.1. The summed E-state index contributed by atoms with van der Waals surface area (Å²) in [6, 6.07) is 10.4. The normalized spacial score (nSPS) is 10.5. The molecule has 0 saturated carbocycles. The van der Waals surface area contributed by atoms with Crippen LogP contribution in [-0.2, 0) is 11.9 Å². The smallest absolute Gasteiger partial charge is 0.138 e. The van der Waals surface area contributed by atoms with E-state index in [4.69, 9.17) is 16.3 Å². The third kappa shape index (κ3) is 3.94. The molecule has 0 aliphatic rings. The van der Waals surface area contributed by atoms with Gasteiger partial charge in [-0.25, -0.2) is 4.39 Å². The molecule has 0 aliphatic heterocycles. The van der Waals surface area contributed by atoms with Gasteiger partial charge in [0.25, 0.3) is 0 Å². The summed E-state index contributed by atoms with van der Waals surface area (Å²) in [6.45, 7) is 0.340. The first-order chi connectivity index (χ1) is 9.10. The van der Waals surface area contributed by atoms with Crippen LogP contribution in [0.25, 0.3) is 0 Å². The molecule has 1 nitrogen and oxygen atoms in total. The van der Waals surface area contributed by atoms with Crippen molar-refractivity contribution >= 4 is 43.5 Å². The summed E-state index contributed by atoms with van der Waals surface area (Å²) < 4.78 is 19.1. The van der Waals surface area contributed by atoms with Gasteiger partial charge in [0.2, 0.25) is 0 Å². The standard InChI is InChI=1S/C14H10Br2ClFO/c15-7-9-2-4-14(12(17)6-9)19-8-10-1-3-13(18)11(16)5-10/h1-6H,7-8H2. The van der Waals surface area contributed by atoms with Crippen molar-refractivity contribution in [3.8, 4) is 5.75 Å². The van der Waals surface area contributed by atoms with Crippen molar-refractivity contribution in [2.75, 3.05) is 0 Å². The van der Waals surface area contributed by atoms with E-state index in [1.54, 1.807) is 12.1 Å². The SMILES string of the molecule is Fc1ccc(COc2ccc(CBr)cc2Cl)cc1Br. The zero-order valence-electron chi connectivity index (χ0n) is 9.80. The molecule has 2 aromatic carbocycles. The summed E-state index contributed by atoms with van der Waals surface area (Å²) in [7, 11) is 0. The highest BCUT2D eigenvalue weighted by Gasteiger charge is 2.05. The van der Waals surface area contributed by atoms with E-state index in [2.05, 4.69) is 31.9 Å². The Balaban J connectivity index is 2.07. The van der Waals surface area contributed by atoms with E-state index < -0.39 is 0 Å². The molecule has 5 heteroatoms. The Morgan fingerprint density at radius 2 is 1.84 bits per heavy atom. The van der Waals surface area contributed by atoms with Crippen molar-refractivity contribution in [3.63, 3.8) is 0 Å². The van der Waals surface area contributed by atoms with Crippen molar-refractivity contribution in [2.24, 2.45) is 0 Å². The second-order valence-corrected chi connectivity index (χ2v) is 5.76. The Morgan fingerprint density at radius 3 is 2.47 bits per heavy atom. The highest BCUT2D eigenvalue weighted by molar-refractivity contribution is 9.10. The van der Waals surface area contributed by atoms with Gasteiger partial charge in [-0.1, -0.05) is 39.7 Å². The molecule has 0 radical (unpaired) electrons. The van der Waals surface area contributed by atoms with Crippen LogP contribution in [0.1, 0.15) is 11.1 Å². The Hall–Kier alpha value is -0.580. The lowest BCUT2D eigenvalue weighted by Crippen LogP contribution is -1.97. The number of ether oxygens (including phenoxy) is 1. The van der Waals surface area contributed by atoms with E-state index in [0.29, 0.717) is 21.9 Å². The zero-order chi connectivity index (χ0) is 13.8. The maximum Gasteiger partial charge on any atom is 0.138 e. The summed E-state index contributed by atoms with van der Waals surface area (Å²) in [5.41, 5.74) is 1.95. The molecule has 0 atom stereocenters. The van der Waals surface area contributed by atoms with E-state index in [9.17, 15) is 4.39 Å². The van der Waals surface area contributed by atoms with Gasteiger partial charge in [0.05, 0.1) is 9.50 Å². The molecule has 100 valence electrons. The predicted molar refractivity (Wildman–Crippen MR) is 82.5 cm³/mol. The number of hydrogen-bond acceptors (Lipinski definition) is 1. The van der Waals surface area contributed by atoms with Crippen LogP contribution in [-0.4, -0.2) is 0 Å². The fourth-order valence-corrected chi connectivity index (χ4v) is 2.57. The highest BCUT2D eigenvalue weighted by atomic mass is 79.9. The highest BCUT2D eigenvalue weighted by Crippen LogP contribution is 2.27. The van der Waals surface area contributed by atoms with Gasteiger partial charge < -0.3 is 4.74 Å². The van der Waals surface area contributed by atoms with Crippen molar-refractivity contribution in [1.29, 1.82) is 0 Å². The molecule has 0 spiro atoms. The molecule has 19 heavy (non-hydrogen) atoms. The first-order valence-electron chi connectivity index (χ1n) is 5.51. The fraction of sp³-hybridized carbons (Fsp3) is 0.143. The molecule has 0 bridgehead atoms. The summed E-state index contributed by atoms with van der Waals surface area (Å²) >= 11 is 12.6. The second-order valence-electron chi connectivity index (χ2n) is 3.94. The minimum Gasteiger partial charge on any atom is -0.487 e. The van der Waals surface area contributed by atoms with Crippen LogP contribution in [0.3, 0.4) is 0 Å². The Labute approximate surface area is 133 Å². The average molecular weight is 408 g/mol. The molecule has 0 heterocycles. The van der Waals surface area contributed by atoms with Crippen LogP contribution >= 0.6 is 43.5 Å². The molecule has 0 aromatic heterocycles. The van der Waals surface area contributed by atoms with E-state index in [1.807, 2.05) is 18.2 Å². The van der Waals surface area contributed by atoms with Crippen molar-refractivity contribution < 1.29 is 9.13 Å². The minimum atomic E-state index is -0.288. The summed E-state index contributed by atoms with van der Waals surface area (Å²) in [6.07, 6.45) is 0. The van der Waals surface area contributed by atoms with Gasteiger partial charge in [-0.2, -0.15) is 0 Å². The molecule has 0 amide bonds. The van der Waals surface area contributed by atoms with Gasteiger partial charge in [0, 0.05) is 5.33 Å². The molecule has 0 saturated heterocycles. The number of alkyl halides is 1. The lowest BCUT2D eigenvalue weighted by atomic mass is 10.2. The molecule has 2 rings (SSSR count). The van der Waals surface area contributed by atoms with E-state index in [-0.39, 0.29) is 5.82 Å². The summed E-state index contributed by atoms with van der Waals surface area (Å²) in [5, 5.41) is 1.32. The van der Waals surface area contributed by atoms with Crippen LogP contribution in [0.4, 0.5) is 4.39 Å². The monoisotopic (exact) mass is 406 g/mol. The molecule has 0 N–H and O–H groups in total. The summed E-state index contributed by atoms with van der Waals surface area (Å²) in [4.78, 5) is 0. The van der Waals surface area contributed by atoms with Gasteiger partial charge in [0.1, 0.15) is 18.2 Å². The average Bonchev–Trinajstić information content (AvgIpc) is 2.41. The Morgan fingerprint density at radius 1 is 1.11 bits per heavy atom. The molecule has 0 unspecified atom stereocenters. The molecule has 2 aromatic rings. The zero-order valence-corrected chi connectivity index (χ0v) is 13.7. The van der Waals surface area contributed by atoms with Gasteiger partial charge in [0.15, 0.2) is 0 Å². The van der Waals surface area contributed by atoms with Crippen LogP contribution in [0, 0.1) is 5.82 Å². The minimum absolute atomic E-state index is 0.288. The van der Waals surface area contributed by atoms with Crippen LogP contribution in [0.15, 0.2) is 40.9 Å². The van der Waals surface area contributed by atoms with E-state index >= 15 is 0 Å². The summed E-state index contributed by atoms with van der Waals surface area (Å²) in [5.74, 6) is 0.329. The number of rotatable bonds is 4. The lowest BCUT2D eigenvalue weighted by Gasteiger charge is -2.09. The quantitative estimate of drug-likeness (QED) is 0.589. The number of halogens is 4. The van der Waals surface area contributed by atoms with Crippen molar-refractivity contribution in [2.45, 2.75) is 11.9 Å². The fourth-order valence-electron chi connectivity index (χ4n) is 1.54. The van der Waals surface area contributed by atoms with Gasteiger partial charge in [-0.15, -0.1) is 0 Å². The first kappa shape index (κ1) is 14.8. The predicted octanol–water partition coefficient (Wildman–Crippen LogP) is 5.72.